The molecule has 222 valence electrons. The molecular weight excluding hydrogens is 554 g/mol. The molecule has 1 fully saturated rings. The largest absolute Gasteiger partial charge is 0.453 e. The number of hydrogen-bond acceptors (Lipinski definition) is 8. The Labute approximate surface area is 251 Å². The number of aliphatic hydroxyl groups is 1. The minimum absolute atomic E-state index is 0.0115. The molecule has 0 unspecified atom stereocenters. The summed E-state index contributed by atoms with van der Waals surface area (Å²) in [5.74, 6) is 2.25. The normalized spacial score (nSPS) is 18.2. The molecule has 9 nitrogen and oxygen atoms in total. The lowest BCUT2D eigenvalue weighted by Gasteiger charge is -2.35. The van der Waals surface area contributed by atoms with E-state index in [-0.39, 0.29) is 12.7 Å². The lowest BCUT2D eigenvalue weighted by Crippen LogP contribution is -2.42. The molecule has 0 aliphatic carbocycles. The van der Waals surface area contributed by atoms with E-state index in [4.69, 9.17) is 26.1 Å². The Bertz CT molecular complexity index is 1510. The van der Waals surface area contributed by atoms with Crippen LogP contribution in [0.1, 0.15) is 68.8 Å². The average molecular weight is 592 g/mol. The lowest BCUT2D eigenvalue weighted by molar-refractivity contribution is -0.119. The smallest absolute Gasteiger partial charge is 0.234 e. The number of hydrogen-bond donors (Lipinski definition) is 3. The number of rotatable bonds is 8. The number of nitrogens with zero attached hydrogens (tertiary/aromatic N) is 3. The van der Waals surface area contributed by atoms with Crippen molar-refractivity contribution in [3.63, 3.8) is 0 Å². The number of anilines is 3. The molecule has 1 aromatic heterocycles. The molecule has 1 saturated heterocycles. The van der Waals surface area contributed by atoms with Crippen molar-refractivity contribution in [2.75, 3.05) is 37.1 Å². The van der Waals surface area contributed by atoms with E-state index in [0.717, 1.165) is 65.4 Å². The van der Waals surface area contributed by atoms with Crippen molar-refractivity contribution in [3.05, 3.63) is 63.9 Å². The number of fused-ring (bicyclic) bond motifs is 2. The SMILES string of the molecule is CC(C)(O)CN1CCC(c2ccc(Nc3ncc(Cl)c(CCc4cccc5c4C(C)(C)C(=O)N5)n3)c3c2OCO3)CC1. The summed E-state index contributed by atoms with van der Waals surface area (Å²) >= 11 is 6.53. The maximum absolute atomic E-state index is 12.5. The monoisotopic (exact) mass is 591 g/mol. The maximum atomic E-state index is 12.5. The van der Waals surface area contributed by atoms with Crippen molar-refractivity contribution in [1.29, 1.82) is 0 Å². The second kappa shape index (κ2) is 11.0. The molecule has 2 aromatic carbocycles. The van der Waals surface area contributed by atoms with Gasteiger partial charge in [-0.1, -0.05) is 29.8 Å². The average Bonchev–Trinajstić information content (AvgIpc) is 3.52. The summed E-state index contributed by atoms with van der Waals surface area (Å²) in [4.78, 5) is 24.0. The van der Waals surface area contributed by atoms with E-state index in [0.29, 0.717) is 42.0 Å². The molecule has 0 spiro atoms. The molecule has 1 amide bonds. The molecular formula is C32H38ClN5O4. The minimum Gasteiger partial charge on any atom is -0.453 e. The highest BCUT2D eigenvalue weighted by atomic mass is 35.5. The molecule has 10 heteroatoms. The standard InChI is InChI=1S/C32H38ClN5O4/c1-31(2,40)17-38-14-12-19(13-15-38)21-9-11-25(28-27(21)41-18-42-28)37-30-34-16-22(33)23(36-30)10-8-20-6-5-7-24-26(20)32(3,4)29(39)35-24/h5-7,9,11,16,19,40H,8,10,12-15,17-18H2,1-4H3,(H,35,39)(H,34,36,37). The first-order valence-corrected chi connectivity index (χ1v) is 15.0. The van der Waals surface area contributed by atoms with Crippen LogP contribution in [-0.4, -0.2) is 57.9 Å². The van der Waals surface area contributed by atoms with Crippen LogP contribution in [0.5, 0.6) is 11.5 Å². The van der Waals surface area contributed by atoms with Crippen LogP contribution < -0.4 is 20.1 Å². The lowest BCUT2D eigenvalue weighted by atomic mass is 9.82. The number of benzene rings is 2. The summed E-state index contributed by atoms with van der Waals surface area (Å²) in [5.41, 5.74) is 4.35. The number of aromatic nitrogens is 2. The zero-order valence-electron chi connectivity index (χ0n) is 24.6. The summed E-state index contributed by atoms with van der Waals surface area (Å²) in [5, 5.41) is 17.0. The molecule has 0 saturated carbocycles. The molecule has 3 aromatic rings. The van der Waals surface area contributed by atoms with Gasteiger partial charge in [-0.25, -0.2) is 9.97 Å². The summed E-state index contributed by atoms with van der Waals surface area (Å²) in [6.45, 7) is 10.3. The maximum Gasteiger partial charge on any atom is 0.234 e. The van der Waals surface area contributed by atoms with Gasteiger partial charge in [0.1, 0.15) is 0 Å². The highest BCUT2D eigenvalue weighted by Crippen LogP contribution is 2.47. The number of nitrogens with one attached hydrogen (secondary N) is 2. The van der Waals surface area contributed by atoms with Crippen LogP contribution in [0, 0.1) is 0 Å². The van der Waals surface area contributed by atoms with Gasteiger partial charge >= 0.3 is 0 Å². The molecule has 0 radical (unpaired) electrons. The van der Waals surface area contributed by atoms with Crippen molar-refractivity contribution in [2.45, 2.75) is 70.3 Å². The molecule has 3 aliphatic heterocycles. The van der Waals surface area contributed by atoms with Crippen LogP contribution in [0.3, 0.4) is 0 Å². The van der Waals surface area contributed by atoms with Crippen LogP contribution in [0.2, 0.25) is 5.02 Å². The second-order valence-corrected chi connectivity index (χ2v) is 13.1. The summed E-state index contributed by atoms with van der Waals surface area (Å²) in [6.07, 6.45) is 4.89. The van der Waals surface area contributed by atoms with Gasteiger partial charge in [0.2, 0.25) is 18.6 Å². The fraction of sp³-hybridized carbons (Fsp3) is 0.469. The fourth-order valence-electron chi connectivity index (χ4n) is 6.44. The van der Waals surface area contributed by atoms with E-state index < -0.39 is 11.0 Å². The molecule has 42 heavy (non-hydrogen) atoms. The molecule has 3 aliphatic rings. The highest BCUT2D eigenvalue weighted by molar-refractivity contribution is 6.31. The van der Waals surface area contributed by atoms with Gasteiger partial charge in [0.05, 0.1) is 33.6 Å². The van der Waals surface area contributed by atoms with Gasteiger partial charge in [0.15, 0.2) is 11.5 Å². The fourth-order valence-corrected chi connectivity index (χ4v) is 6.63. The van der Waals surface area contributed by atoms with Gasteiger partial charge in [0, 0.05) is 17.8 Å². The zero-order valence-corrected chi connectivity index (χ0v) is 25.3. The first-order chi connectivity index (χ1) is 20.0. The van der Waals surface area contributed by atoms with E-state index in [9.17, 15) is 9.90 Å². The zero-order chi connectivity index (χ0) is 29.6. The van der Waals surface area contributed by atoms with E-state index in [1.165, 1.54) is 0 Å². The third kappa shape index (κ3) is 5.65. The highest BCUT2D eigenvalue weighted by Gasteiger charge is 2.40. The summed E-state index contributed by atoms with van der Waals surface area (Å²) in [6, 6.07) is 10.1. The Balaban J connectivity index is 1.17. The molecule has 0 bridgehead atoms. The predicted octanol–water partition coefficient (Wildman–Crippen LogP) is 5.57. The number of piperidine rings is 1. The van der Waals surface area contributed by atoms with E-state index in [1.807, 2.05) is 45.9 Å². The van der Waals surface area contributed by atoms with Crippen molar-refractivity contribution in [3.8, 4) is 11.5 Å². The number of ether oxygens (including phenoxy) is 2. The van der Waals surface area contributed by atoms with Crippen molar-refractivity contribution in [2.24, 2.45) is 0 Å². The number of amides is 1. The predicted molar refractivity (Wildman–Crippen MR) is 163 cm³/mol. The number of β-amino-alcohol motifs (C(OH)–C–C–N with tert-alkyl or cyclic N) is 1. The second-order valence-electron chi connectivity index (χ2n) is 12.7. The van der Waals surface area contributed by atoms with Crippen LogP contribution in [0.15, 0.2) is 36.5 Å². The quantitative estimate of drug-likeness (QED) is 0.312. The van der Waals surface area contributed by atoms with Gasteiger partial charge in [-0.05, 0) is 95.6 Å². The number of likely N-dealkylation sites (tertiary alicyclic amines) is 1. The third-order valence-corrected chi connectivity index (χ3v) is 8.79. The Morgan fingerprint density at radius 2 is 1.90 bits per heavy atom. The van der Waals surface area contributed by atoms with Gasteiger partial charge in [-0.2, -0.15) is 0 Å². The van der Waals surface area contributed by atoms with Crippen LogP contribution >= 0.6 is 11.6 Å². The van der Waals surface area contributed by atoms with Gasteiger partial charge in [0.25, 0.3) is 0 Å². The van der Waals surface area contributed by atoms with Crippen LogP contribution in [-0.2, 0) is 23.1 Å². The van der Waals surface area contributed by atoms with Gasteiger partial charge < -0.3 is 30.1 Å². The number of halogens is 1. The molecule has 6 rings (SSSR count). The van der Waals surface area contributed by atoms with E-state index in [1.54, 1.807) is 6.20 Å². The molecule has 4 heterocycles. The Hall–Kier alpha value is -3.40. The number of aryl methyl sites for hydroxylation is 2. The molecule has 0 atom stereocenters. The number of carbonyl (C=O) groups is 1. The van der Waals surface area contributed by atoms with Crippen molar-refractivity contribution < 1.29 is 19.4 Å². The first-order valence-electron chi connectivity index (χ1n) is 14.6. The van der Waals surface area contributed by atoms with Gasteiger partial charge in [-0.3, -0.25) is 4.79 Å². The van der Waals surface area contributed by atoms with Gasteiger partial charge in [-0.15, -0.1) is 0 Å². The van der Waals surface area contributed by atoms with E-state index in [2.05, 4.69) is 32.7 Å². The Kier molecular flexibility index (Phi) is 7.53. The first kappa shape index (κ1) is 28.7. The summed E-state index contributed by atoms with van der Waals surface area (Å²) in [7, 11) is 0. The molecule has 3 N–H and O–H groups in total. The minimum atomic E-state index is -0.696. The summed E-state index contributed by atoms with van der Waals surface area (Å²) < 4.78 is 11.9. The Morgan fingerprint density at radius 3 is 2.67 bits per heavy atom. The van der Waals surface area contributed by atoms with Crippen molar-refractivity contribution >= 4 is 34.8 Å². The van der Waals surface area contributed by atoms with Crippen LogP contribution in [0.4, 0.5) is 17.3 Å². The third-order valence-electron chi connectivity index (χ3n) is 8.47. The van der Waals surface area contributed by atoms with Crippen LogP contribution in [0.25, 0.3) is 0 Å². The van der Waals surface area contributed by atoms with Crippen molar-refractivity contribution in [1.82, 2.24) is 14.9 Å². The Morgan fingerprint density at radius 1 is 1.14 bits per heavy atom. The number of carbonyl (C=O) groups excluding carboxylic acids is 1. The van der Waals surface area contributed by atoms with E-state index >= 15 is 0 Å². The topological polar surface area (TPSA) is 109 Å².